The zero-order valence-electron chi connectivity index (χ0n) is 11.9. The van der Waals surface area contributed by atoms with Crippen molar-refractivity contribution in [3.05, 3.63) is 21.3 Å². The molecule has 1 fully saturated rings. The van der Waals surface area contributed by atoms with E-state index in [4.69, 9.17) is 11.6 Å². The maximum Gasteiger partial charge on any atom is 0.0551 e. The van der Waals surface area contributed by atoms with Crippen LogP contribution in [-0.2, 0) is 6.42 Å². The maximum absolute atomic E-state index is 6.08. The molecule has 0 spiro atoms. The van der Waals surface area contributed by atoms with Crippen LogP contribution >= 0.6 is 22.9 Å². The van der Waals surface area contributed by atoms with E-state index in [0.717, 1.165) is 17.4 Å². The van der Waals surface area contributed by atoms with Crippen molar-refractivity contribution in [2.24, 2.45) is 5.92 Å². The molecule has 0 aromatic carbocycles. The summed E-state index contributed by atoms with van der Waals surface area (Å²) in [6.07, 6.45) is 17.1. The Labute approximate surface area is 127 Å². The molecule has 2 rings (SSSR count). The zero-order valence-corrected chi connectivity index (χ0v) is 13.5. The van der Waals surface area contributed by atoms with Crippen LogP contribution in [0, 0.1) is 11.3 Å². The Balaban J connectivity index is 1.49. The third kappa shape index (κ3) is 5.87. The average Bonchev–Trinajstić information content (AvgIpc) is 2.67. The normalized spacial score (nSPS) is 17.5. The van der Waals surface area contributed by atoms with Gasteiger partial charge in [0.05, 0.1) is 5.02 Å². The standard InChI is InChI=1S/C17H26ClS/c18-16-13-14-19-17(16)12-8-4-3-7-11-15-9-5-1-2-6-10-15/h13,15H,1-12H2. The first kappa shape index (κ1) is 15.4. The summed E-state index contributed by atoms with van der Waals surface area (Å²) < 4.78 is 0. The van der Waals surface area contributed by atoms with Crippen LogP contribution in [0.3, 0.4) is 0 Å². The Hall–Kier alpha value is -0.0100. The second kappa shape index (κ2) is 9.02. The summed E-state index contributed by atoms with van der Waals surface area (Å²) in [5, 5.41) is 4.03. The van der Waals surface area contributed by atoms with Crippen LogP contribution in [-0.4, -0.2) is 0 Å². The molecule has 1 radical (unpaired) electrons. The molecule has 0 unspecified atom stereocenters. The van der Waals surface area contributed by atoms with Crippen LogP contribution in [0.2, 0.25) is 5.02 Å². The third-order valence-corrected chi connectivity index (χ3v) is 5.73. The molecule has 0 bridgehead atoms. The van der Waals surface area contributed by atoms with Gasteiger partial charge in [-0.25, -0.2) is 0 Å². The predicted octanol–water partition coefficient (Wildman–Crippen LogP) is 6.67. The fraction of sp³-hybridized carbons (Fsp3) is 0.765. The van der Waals surface area contributed by atoms with Gasteiger partial charge in [-0.15, -0.1) is 11.3 Å². The SMILES string of the molecule is Clc1c[c]sc1CCCCCCC1CCCCCC1. The highest BCUT2D eigenvalue weighted by Crippen LogP contribution is 2.27. The van der Waals surface area contributed by atoms with Crippen molar-refractivity contribution < 1.29 is 0 Å². The second-order valence-corrected chi connectivity index (χ2v) is 7.29. The molecule has 2 heteroatoms. The highest BCUT2D eigenvalue weighted by atomic mass is 35.5. The Bertz CT molecular complexity index is 337. The molecule has 1 aliphatic rings. The highest BCUT2D eigenvalue weighted by Gasteiger charge is 2.11. The smallest absolute Gasteiger partial charge is 0.0551 e. The van der Waals surface area contributed by atoms with Crippen molar-refractivity contribution in [2.45, 2.75) is 77.0 Å². The van der Waals surface area contributed by atoms with Gasteiger partial charge in [-0.3, -0.25) is 0 Å². The first-order chi connectivity index (χ1) is 9.36. The van der Waals surface area contributed by atoms with E-state index >= 15 is 0 Å². The number of halogens is 1. The van der Waals surface area contributed by atoms with Crippen molar-refractivity contribution in [2.75, 3.05) is 0 Å². The maximum atomic E-state index is 6.08. The summed E-state index contributed by atoms with van der Waals surface area (Å²) in [5.41, 5.74) is 0. The van der Waals surface area contributed by atoms with E-state index in [2.05, 4.69) is 5.38 Å². The minimum absolute atomic E-state index is 0.920. The molecule has 1 aliphatic carbocycles. The van der Waals surface area contributed by atoms with Gasteiger partial charge in [0.1, 0.15) is 0 Å². The van der Waals surface area contributed by atoms with Crippen molar-refractivity contribution in [3.63, 3.8) is 0 Å². The Morgan fingerprint density at radius 1 is 1.05 bits per heavy atom. The molecule has 0 N–H and O–H groups in total. The van der Waals surface area contributed by atoms with Crippen molar-refractivity contribution in [3.8, 4) is 0 Å². The number of rotatable bonds is 7. The lowest BCUT2D eigenvalue weighted by atomic mass is 9.93. The van der Waals surface area contributed by atoms with E-state index < -0.39 is 0 Å². The molecule has 1 aromatic heterocycles. The van der Waals surface area contributed by atoms with Crippen LogP contribution in [0.25, 0.3) is 0 Å². The van der Waals surface area contributed by atoms with Crippen LogP contribution < -0.4 is 0 Å². The van der Waals surface area contributed by atoms with Crippen LogP contribution in [0.4, 0.5) is 0 Å². The molecule has 0 aliphatic heterocycles. The van der Waals surface area contributed by atoms with Gasteiger partial charge in [-0.1, -0.05) is 75.8 Å². The number of hydrogen-bond acceptors (Lipinski definition) is 1. The lowest BCUT2D eigenvalue weighted by Crippen LogP contribution is -1.98. The van der Waals surface area contributed by atoms with E-state index in [-0.39, 0.29) is 0 Å². The van der Waals surface area contributed by atoms with Gasteiger partial charge < -0.3 is 0 Å². The van der Waals surface area contributed by atoms with E-state index in [1.54, 1.807) is 11.3 Å². The van der Waals surface area contributed by atoms with Gasteiger partial charge in [0, 0.05) is 10.3 Å². The van der Waals surface area contributed by atoms with Crippen molar-refractivity contribution >= 4 is 22.9 Å². The summed E-state index contributed by atoms with van der Waals surface area (Å²) in [6, 6.07) is 1.90. The molecule has 0 amide bonds. The molecule has 19 heavy (non-hydrogen) atoms. The van der Waals surface area contributed by atoms with Gasteiger partial charge in [-0.05, 0) is 24.8 Å². The highest BCUT2D eigenvalue weighted by molar-refractivity contribution is 7.10. The fourth-order valence-corrected chi connectivity index (χ4v) is 4.23. The lowest BCUT2D eigenvalue weighted by molar-refractivity contribution is 0.405. The van der Waals surface area contributed by atoms with E-state index in [1.165, 1.54) is 75.5 Å². The first-order valence-corrected chi connectivity index (χ1v) is 9.20. The predicted molar refractivity (Wildman–Crippen MR) is 86.1 cm³/mol. The first-order valence-electron chi connectivity index (χ1n) is 8.00. The Morgan fingerprint density at radius 3 is 2.47 bits per heavy atom. The Kier molecular flexibility index (Phi) is 7.30. The molecule has 0 nitrogen and oxygen atoms in total. The summed E-state index contributed by atoms with van der Waals surface area (Å²) in [7, 11) is 0. The van der Waals surface area contributed by atoms with Crippen LogP contribution in [0.5, 0.6) is 0 Å². The largest absolute Gasteiger partial charge is 0.138 e. The van der Waals surface area contributed by atoms with Gasteiger partial charge in [0.2, 0.25) is 0 Å². The molecule has 1 aromatic rings. The number of unbranched alkanes of at least 4 members (excludes halogenated alkanes) is 3. The lowest BCUT2D eigenvalue weighted by Gasteiger charge is -2.13. The topological polar surface area (TPSA) is 0 Å². The van der Waals surface area contributed by atoms with E-state index in [9.17, 15) is 0 Å². The molecule has 107 valence electrons. The molecular formula is C17H26ClS. The third-order valence-electron chi connectivity index (χ3n) is 4.38. The molecule has 1 saturated carbocycles. The quantitative estimate of drug-likeness (QED) is 0.389. The molecule has 0 atom stereocenters. The van der Waals surface area contributed by atoms with Gasteiger partial charge in [-0.2, -0.15) is 0 Å². The van der Waals surface area contributed by atoms with Crippen molar-refractivity contribution in [1.82, 2.24) is 0 Å². The van der Waals surface area contributed by atoms with Crippen LogP contribution in [0.1, 0.15) is 75.5 Å². The summed E-state index contributed by atoms with van der Waals surface area (Å²) in [6.45, 7) is 0. The summed E-state index contributed by atoms with van der Waals surface area (Å²) in [5.74, 6) is 1.05. The molecular weight excluding hydrogens is 272 g/mol. The zero-order chi connectivity index (χ0) is 13.3. The number of aryl methyl sites for hydroxylation is 1. The van der Waals surface area contributed by atoms with Gasteiger partial charge >= 0.3 is 0 Å². The molecule has 1 heterocycles. The minimum atomic E-state index is 0.920. The number of thiophene rings is 1. The van der Waals surface area contributed by atoms with E-state index in [1.807, 2.05) is 6.07 Å². The number of hydrogen-bond donors (Lipinski definition) is 0. The minimum Gasteiger partial charge on any atom is -0.138 e. The summed E-state index contributed by atoms with van der Waals surface area (Å²) >= 11 is 7.76. The van der Waals surface area contributed by atoms with E-state index in [0.29, 0.717) is 0 Å². The van der Waals surface area contributed by atoms with Crippen LogP contribution in [0.15, 0.2) is 6.07 Å². The van der Waals surface area contributed by atoms with Crippen molar-refractivity contribution in [1.29, 1.82) is 0 Å². The summed E-state index contributed by atoms with van der Waals surface area (Å²) in [4.78, 5) is 1.32. The fourth-order valence-electron chi connectivity index (χ4n) is 3.18. The van der Waals surface area contributed by atoms with Gasteiger partial charge in [0.25, 0.3) is 0 Å². The molecule has 0 saturated heterocycles. The second-order valence-electron chi connectivity index (χ2n) is 5.95. The monoisotopic (exact) mass is 297 g/mol. The van der Waals surface area contributed by atoms with Gasteiger partial charge in [0.15, 0.2) is 0 Å². The average molecular weight is 298 g/mol. The Morgan fingerprint density at radius 2 is 1.79 bits per heavy atom.